The second-order valence-corrected chi connectivity index (χ2v) is 4.04. The van der Waals surface area contributed by atoms with Gasteiger partial charge in [-0.1, -0.05) is 0 Å². The van der Waals surface area contributed by atoms with E-state index in [1.165, 1.54) is 6.42 Å². The molecule has 0 aromatic rings. The predicted octanol–water partition coefficient (Wildman–Crippen LogP) is -0.0143. The first-order chi connectivity index (χ1) is 6.83. The zero-order valence-electron chi connectivity index (χ0n) is 8.66. The van der Waals surface area contributed by atoms with Crippen molar-refractivity contribution in [2.24, 2.45) is 0 Å². The Hall–Kier alpha value is -0.610. The number of methoxy groups -OCH3 is 1. The van der Waals surface area contributed by atoms with E-state index in [2.05, 4.69) is 5.32 Å². The number of piperazine rings is 1. The van der Waals surface area contributed by atoms with E-state index < -0.39 is 0 Å². The Morgan fingerprint density at radius 2 is 2.36 bits per heavy atom. The molecule has 1 saturated carbocycles. The van der Waals surface area contributed by atoms with Crippen molar-refractivity contribution < 1.29 is 9.53 Å². The fourth-order valence-corrected chi connectivity index (χ4v) is 2.51. The zero-order chi connectivity index (χ0) is 9.97. The molecule has 2 aliphatic rings. The van der Waals surface area contributed by atoms with Gasteiger partial charge in [-0.2, -0.15) is 0 Å². The number of carbonyl (C=O) groups is 1. The van der Waals surface area contributed by atoms with E-state index in [1.807, 2.05) is 4.90 Å². The third kappa shape index (κ3) is 1.77. The lowest BCUT2D eigenvalue weighted by Crippen LogP contribution is -2.54. The minimum absolute atomic E-state index is 0.227. The van der Waals surface area contributed by atoms with E-state index in [-0.39, 0.29) is 12.0 Å². The van der Waals surface area contributed by atoms with Gasteiger partial charge < -0.3 is 15.0 Å². The lowest BCUT2D eigenvalue weighted by molar-refractivity contribution is -0.136. The van der Waals surface area contributed by atoms with Crippen LogP contribution >= 0.6 is 0 Å². The maximum atomic E-state index is 11.7. The summed E-state index contributed by atoms with van der Waals surface area (Å²) >= 11 is 0. The van der Waals surface area contributed by atoms with Crippen LogP contribution in [0.1, 0.15) is 19.3 Å². The first-order valence-corrected chi connectivity index (χ1v) is 5.36. The Morgan fingerprint density at radius 1 is 1.50 bits per heavy atom. The summed E-state index contributed by atoms with van der Waals surface area (Å²) in [5.74, 6) is 0.227. The monoisotopic (exact) mass is 198 g/mol. The van der Waals surface area contributed by atoms with Gasteiger partial charge in [0.1, 0.15) is 0 Å². The Kier molecular flexibility index (Phi) is 3.03. The summed E-state index contributed by atoms with van der Waals surface area (Å²) < 4.78 is 5.41. The quantitative estimate of drug-likeness (QED) is 0.678. The maximum absolute atomic E-state index is 11.7. The molecule has 2 rings (SSSR count). The fourth-order valence-electron chi connectivity index (χ4n) is 2.51. The fraction of sp³-hybridized carbons (Fsp3) is 0.900. The van der Waals surface area contributed by atoms with Gasteiger partial charge in [0.2, 0.25) is 5.91 Å². The van der Waals surface area contributed by atoms with Crippen LogP contribution in [0.25, 0.3) is 0 Å². The lowest BCUT2D eigenvalue weighted by atomic mass is 10.1. The average molecular weight is 198 g/mol. The van der Waals surface area contributed by atoms with Crippen LogP contribution in [0.15, 0.2) is 0 Å². The van der Waals surface area contributed by atoms with Crippen LogP contribution in [0.5, 0.6) is 0 Å². The molecule has 1 N–H and O–H groups in total. The molecule has 0 bridgehead atoms. The molecule has 2 atom stereocenters. The molecule has 4 heteroatoms. The summed E-state index contributed by atoms with van der Waals surface area (Å²) in [6, 6.07) is 0.328. The Morgan fingerprint density at radius 3 is 3.07 bits per heavy atom. The Bertz CT molecular complexity index is 220. The van der Waals surface area contributed by atoms with Crippen molar-refractivity contribution in [3.8, 4) is 0 Å². The highest BCUT2D eigenvalue weighted by molar-refractivity contribution is 5.79. The number of nitrogens with zero attached hydrogens (tertiary/aromatic N) is 1. The van der Waals surface area contributed by atoms with E-state index in [0.29, 0.717) is 12.6 Å². The van der Waals surface area contributed by atoms with Gasteiger partial charge >= 0.3 is 0 Å². The molecule has 0 aromatic heterocycles. The van der Waals surface area contributed by atoms with Crippen molar-refractivity contribution in [2.75, 3.05) is 26.7 Å². The summed E-state index contributed by atoms with van der Waals surface area (Å²) in [7, 11) is 1.75. The van der Waals surface area contributed by atoms with Gasteiger partial charge in [-0.15, -0.1) is 0 Å². The summed E-state index contributed by atoms with van der Waals surface area (Å²) in [6.07, 6.45) is 3.64. The van der Waals surface area contributed by atoms with E-state index in [1.54, 1.807) is 7.11 Å². The molecule has 2 fully saturated rings. The molecule has 1 aliphatic heterocycles. The zero-order valence-corrected chi connectivity index (χ0v) is 8.66. The molecule has 2 unspecified atom stereocenters. The molecule has 1 heterocycles. The van der Waals surface area contributed by atoms with Gasteiger partial charge in [-0.25, -0.2) is 0 Å². The average Bonchev–Trinajstić information content (AvgIpc) is 2.66. The van der Waals surface area contributed by atoms with Crippen LogP contribution in [0.4, 0.5) is 0 Å². The van der Waals surface area contributed by atoms with Crippen molar-refractivity contribution in [3.63, 3.8) is 0 Å². The molecule has 0 spiro atoms. The van der Waals surface area contributed by atoms with Crippen LogP contribution < -0.4 is 5.32 Å². The van der Waals surface area contributed by atoms with Gasteiger partial charge in [-0.05, 0) is 19.3 Å². The van der Waals surface area contributed by atoms with Gasteiger partial charge in [-0.3, -0.25) is 4.79 Å². The molecular weight excluding hydrogens is 180 g/mol. The van der Waals surface area contributed by atoms with Gasteiger partial charge in [0.05, 0.1) is 18.7 Å². The summed E-state index contributed by atoms with van der Waals surface area (Å²) in [6.45, 7) is 2.25. The largest absolute Gasteiger partial charge is 0.379 e. The number of hydrogen-bond donors (Lipinski definition) is 1. The highest BCUT2D eigenvalue weighted by Gasteiger charge is 2.35. The third-order valence-corrected chi connectivity index (χ3v) is 3.25. The molecule has 0 radical (unpaired) electrons. The van der Waals surface area contributed by atoms with Gasteiger partial charge in [0.25, 0.3) is 0 Å². The number of amides is 1. The molecule has 1 saturated heterocycles. The van der Waals surface area contributed by atoms with Crippen molar-refractivity contribution in [2.45, 2.75) is 31.4 Å². The predicted molar refractivity (Wildman–Crippen MR) is 53.0 cm³/mol. The van der Waals surface area contributed by atoms with Crippen LogP contribution in [-0.2, 0) is 9.53 Å². The molecule has 1 amide bonds. The second kappa shape index (κ2) is 4.28. The van der Waals surface area contributed by atoms with E-state index in [0.717, 1.165) is 25.9 Å². The maximum Gasteiger partial charge on any atom is 0.236 e. The van der Waals surface area contributed by atoms with Crippen molar-refractivity contribution in [1.29, 1.82) is 0 Å². The van der Waals surface area contributed by atoms with Gasteiger partial charge in [0, 0.05) is 20.2 Å². The van der Waals surface area contributed by atoms with Crippen molar-refractivity contribution in [1.82, 2.24) is 10.2 Å². The van der Waals surface area contributed by atoms with Gasteiger partial charge in [0.15, 0.2) is 0 Å². The molecular formula is C10H18N2O2. The molecule has 80 valence electrons. The topological polar surface area (TPSA) is 41.6 Å². The van der Waals surface area contributed by atoms with Crippen LogP contribution in [-0.4, -0.2) is 49.7 Å². The minimum atomic E-state index is 0.227. The highest BCUT2D eigenvalue weighted by atomic mass is 16.5. The standard InChI is InChI=1S/C10H18N2O2/c1-14-9-4-2-3-8(9)12-6-5-11-7-10(12)13/h8-9,11H,2-7H2,1H3. The third-order valence-electron chi connectivity index (χ3n) is 3.25. The Labute approximate surface area is 84.6 Å². The van der Waals surface area contributed by atoms with Crippen LogP contribution in [0.3, 0.4) is 0 Å². The van der Waals surface area contributed by atoms with Crippen LogP contribution in [0.2, 0.25) is 0 Å². The first-order valence-electron chi connectivity index (χ1n) is 5.36. The molecule has 4 nitrogen and oxygen atoms in total. The molecule has 14 heavy (non-hydrogen) atoms. The number of ether oxygens (including phenoxy) is 1. The molecule has 1 aliphatic carbocycles. The minimum Gasteiger partial charge on any atom is -0.379 e. The lowest BCUT2D eigenvalue weighted by Gasteiger charge is -2.35. The summed E-state index contributed by atoms with van der Waals surface area (Å²) in [5, 5.41) is 3.09. The SMILES string of the molecule is COC1CCCC1N1CCNCC1=O. The van der Waals surface area contributed by atoms with Crippen LogP contribution in [0, 0.1) is 0 Å². The number of hydrogen-bond acceptors (Lipinski definition) is 3. The Balaban J connectivity index is 2.01. The van der Waals surface area contributed by atoms with Crippen molar-refractivity contribution >= 4 is 5.91 Å². The van der Waals surface area contributed by atoms with E-state index >= 15 is 0 Å². The smallest absolute Gasteiger partial charge is 0.236 e. The molecule has 0 aromatic carbocycles. The second-order valence-electron chi connectivity index (χ2n) is 4.04. The number of carbonyl (C=O) groups excluding carboxylic acids is 1. The highest BCUT2D eigenvalue weighted by Crippen LogP contribution is 2.26. The summed E-state index contributed by atoms with van der Waals surface area (Å²) in [4.78, 5) is 13.6. The van der Waals surface area contributed by atoms with E-state index in [9.17, 15) is 4.79 Å². The number of rotatable bonds is 2. The number of nitrogens with one attached hydrogen (secondary N) is 1. The first kappa shape index (κ1) is 9.93. The van der Waals surface area contributed by atoms with E-state index in [4.69, 9.17) is 4.74 Å². The normalized spacial score (nSPS) is 33.8. The van der Waals surface area contributed by atoms with Crippen molar-refractivity contribution in [3.05, 3.63) is 0 Å². The summed E-state index contributed by atoms with van der Waals surface area (Å²) in [5.41, 5.74) is 0.